The van der Waals surface area contributed by atoms with Gasteiger partial charge in [0.1, 0.15) is 0 Å². The van der Waals surface area contributed by atoms with Gasteiger partial charge in [-0.2, -0.15) is 0 Å². The zero-order valence-electron chi connectivity index (χ0n) is 17.8. The van der Waals surface area contributed by atoms with E-state index in [-0.39, 0.29) is 36.5 Å². The summed E-state index contributed by atoms with van der Waals surface area (Å²) >= 11 is 6.58. The number of hydrogen-bond donors (Lipinski definition) is 5. The van der Waals surface area contributed by atoms with E-state index in [2.05, 4.69) is 53.1 Å². The third-order valence-electron chi connectivity index (χ3n) is 4.36. The molecule has 0 fully saturated rings. The number of ketones is 1. The van der Waals surface area contributed by atoms with Crippen LogP contribution in [0.5, 0.6) is 0 Å². The summed E-state index contributed by atoms with van der Waals surface area (Å²) in [5.41, 5.74) is 4.96. The van der Waals surface area contributed by atoms with E-state index in [1.165, 1.54) is 6.92 Å². The van der Waals surface area contributed by atoms with Crippen molar-refractivity contribution in [3.8, 4) is 0 Å². The Morgan fingerprint density at radius 1 is 0.839 bits per heavy atom. The number of halogens is 2. The molecule has 0 saturated carbocycles. The van der Waals surface area contributed by atoms with Gasteiger partial charge in [-0.3, -0.25) is 19.2 Å². The molecule has 178 valence electrons. The van der Waals surface area contributed by atoms with Gasteiger partial charge in [0, 0.05) is 30.2 Å². The molecule has 0 bridgehead atoms. The average molecular weight is 571 g/mol. The van der Waals surface area contributed by atoms with Crippen LogP contribution in [-0.2, 0) is 19.2 Å². The summed E-state index contributed by atoms with van der Waals surface area (Å²) in [6, 6.07) is -1.32. The van der Waals surface area contributed by atoms with Crippen molar-refractivity contribution in [3.05, 3.63) is 0 Å². The highest BCUT2D eigenvalue weighted by Crippen LogP contribution is 2.06. The lowest BCUT2D eigenvalue weighted by molar-refractivity contribution is -0.128. The van der Waals surface area contributed by atoms with Crippen molar-refractivity contribution in [1.29, 1.82) is 0 Å². The number of carbonyl (C=O) groups excluding carboxylic acids is 5. The summed E-state index contributed by atoms with van der Waals surface area (Å²) < 4.78 is 0. The molecule has 0 aromatic rings. The normalized spacial score (nSPS) is 11.5. The summed E-state index contributed by atoms with van der Waals surface area (Å²) in [5, 5.41) is 11.6. The van der Waals surface area contributed by atoms with E-state index in [9.17, 15) is 24.0 Å². The van der Waals surface area contributed by atoms with E-state index in [4.69, 9.17) is 5.73 Å². The van der Waals surface area contributed by atoms with Gasteiger partial charge in [-0.05, 0) is 32.6 Å². The molecule has 1 atom stereocenters. The molecule has 0 aliphatic carbocycles. The molecule has 5 amide bonds. The molecule has 1 unspecified atom stereocenters. The molecule has 0 saturated heterocycles. The highest BCUT2D eigenvalue weighted by molar-refractivity contribution is 9.09. The predicted octanol–water partition coefficient (Wildman–Crippen LogP) is 0.708. The van der Waals surface area contributed by atoms with Gasteiger partial charge in [0.15, 0.2) is 5.78 Å². The number of hydrogen-bond acceptors (Lipinski definition) is 5. The van der Waals surface area contributed by atoms with Crippen LogP contribution in [0.25, 0.3) is 0 Å². The molecule has 0 aromatic heterocycles. The third-order valence-corrected chi connectivity index (χ3v) is 5.93. The van der Waals surface area contributed by atoms with Gasteiger partial charge in [-0.25, -0.2) is 4.79 Å². The van der Waals surface area contributed by atoms with Crippen LogP contribution in [0.2, 0.25) is 0 Å². The van der Waals surface area contributed by atoms with E-state index in [1.807, 2.05) is 0 Å². The quantitative estimate of drug-likeness (QED) is 0.128. The Labute approximate surface area is 199 Å². The fourth-order valence-electron chi connectivity index (χ4n) is 2.53. The van der Waals surface area contributed by atoms with Gasteiger partial charge < -0.3 is 27.0 Å². The van der Waals surface area contributed by atoms with Crippen molar-refractivity contribution in [2.24, 2.45) is 11.7 Å². The minimum Gasteiger partial charge on any atom is -0.356 e. The molecule has 12 heteroatoms. The van der Waals surface area contributed by atoms with E-state index >= 15 is 0 Å². The zero-order valence-corrected chi connectivity index (χ0v) is 21.0. The molecule has 0 heterocycles. The van der Waals surface area contributed by atoms with Crippen molar-refractivity contribution >= 4 is 61.4 Å². The number of nitrogens with two attached hydrogens (primary N) is 1. The number of urea groups is 1. The highest BCUT2D eigenvalue weighted by Gasteiger charge is 2.17. The van der Waals surface area contributed by atoms with Gasteiger partial charge in [0.25, 0.3) is 0 Å². The lowest BCUT2D eigenvalue weighted by Gasteiger charge is -2.16. The fraction of sp³-hybridized carbons (Fsp3) is 0.737. The molecule has 0 spiro atoms. The van der Waals surface area contributed by atoms with E-state index in [1.54, 1.807) is 0 Å². The van der Waals surface area contributed by atoms with Crippen LogP contribution in [0.1, 0.15) is 45.4 Å². The molecule has 0 aliphatic rings. The first-order valence-corrected chi connectivity index (χ1v) is 12.4. The van der Waals surface area contributed by atoms with Crippen LogP contribution in [0, 0.1) is 5.92 Å². The molecule has 0 rings (SSSR count). The van der Waals surface area contributed by atoms with Crippen LogP contribution in [0.4, 0.5) is 4.79 Å². The lowest BCUT2D eigenvalue weighted by atomic mass is 10.1. The molecule has 0 aromatic carbocycles. The lowest BCUT2D eigenvalue weighted by Crippen LogP contribution is -2.45. The summed E-state index contributed by atoms with van der Waals surface area (Å²) in [6.45, 7) is 2.02. The van der Waals surface area contributed by atoms with Gasteiger partial charge >= 0.3 is 6.03 Å². The number of Topliss-reactive ketones (excluding diaryl/α,β-unsaturated/α-hetero) is 1. The van der Waals surface area contributed by atoms with Crippen molar-refractivity contribution in [2.45, 2.75) is 51.5 Å². The molecule has 10 nitrogen and oxygen atoms in total. The van der Waals surface area contributed by atoms with E-state index in [0.29, 0.717) is 43.0 Å². The SMILES string of the molecule is CC(=O)C(CCCNC(N)=O)NC(=O)CNC(=O)CCCCCNC(=O)C(CBr)CBr. The Morgan fingerprint density at radius 2 is 1.48 bits per heavy atom. The number of primary amides is 1. The average Bonchev–Trinajstić information content (AvgIpc) is 2.71. The largest absolute Gasteiger partial charge is 0.356 e. The summed E-state index contributed by atoms with van der Waals surface area (Å²) in [5.74, 6) is -1.02. The van der Waals surface area contributed by atoms with Crippen LogP contribution >= 0.6 is 31.9 Å². The maximum atomic E-state index is 12.0. The standard InChI is InChI=1S/C19H33Br2N5O5/c1-13(27)15(6-5-9-24-19(22)31)26-17(29)12-25-16(28)7-3-2-4-8-23-18(30)14(10-20)11-21/h14-15H,2-12H2,1H3,(H,23,30)(H,25,28)(H,26,29)(H3,22,24,31). The van der Waals surface area contributed by atoms with Gasteiger partial charge in [0.2, 0.25) is 17.7 Å². The Bertz CT molecular complexity index is 602. The Kier molecular flexibility index (Phi) is 17.0. The first kappa shape index (κ1) is 29.3. The number of rotatable bonds is 17. The van der Waals surface area contributed by atoms with Crippen LogP contribution in [0.15, 0.2) is 0 Å². The van der Waals surface area contributed by atoms with Crippen molar-refractivity contribution < 1.29 is 24.0 Å². The first-order valence-electron chi connectivity index (χ1n) is 10.2. The Morgan fingerprint density at radius 3 is 2.06 bits per heavy atom. The minimum atomic E-state index is -0.678. The summed E-state index contributed by atoms with van der Waals surface area (Å²) in [7, 11) is 0. The molecule has 0 radical (unpaired) electrons. The number of amides is 5. The van der Waals surface area contributed by atoms with Gasteiger partial charge in [0.05, 0.1) is 18.5 Å². The number of carbonyl (C=O) groups is 5. The molecule has 31 heavy (non-hydrogen) atoms. The Hall–Kier alpha value is -1.69. The maximum absolute atomic E-state index is 12.0. The number of unbranched alkanes of at least 4 members (excludes halogenated alkanes) is 2. The minimum absolute atomic E-state index is 0.00879. The summed E-state index contributed by atoms with van der Waals surface area (Å²) in [4.78, 5) is 57.9. The smallest absolute Gasteiger partial charge is 0.312 e. The third kappa shape index (κ3) is 15.7. The maximum Gasteiger partial charge on any atom is 0.312 e. The first-order chi connectivity index (χ1) is 14.7. The fourth-order valence-corrected chi connectivity index (χ4v) is 4.19. The number of alkyl halides is 2. The molecular weight excluding hydrogens is 538 g/mol. The van der Waals surface area contributed by atoms with Crippen LogP contribution in [-0.4, -0.2) is 65.9 Å². The second-order valence-corrected chi connectivity index (χ2v) is 8.34. The molecular formula is C19H33Br2N5O5. The molecule has 6 N–H and O–H groups in total. The van der Waals surface area contributed by atoms with E-state index < -0.39 is 18.0 Å². The molecule has 0 aliphatic heterocycles. The predicted molar refractivity (Wildman–Crippen MR) is 125 cm³/mol. The van der Waals surface area contributed by atoms with Crippen molar-refractivity contribution in [1.82, 2.24) is 21.3 Å². The van der Waals surface area contributed by atoms with Crippen LogP contribution in [0.3, 0.4) is 0 Å². The second kappa shape index (κ2) is 17.9. The highest BCUT2D eigenvalue weighted by atomic mass is 79.9. The monoisotopic (exact) mass is 569 g/mol. The van der Waals surface area contributed by atoms with Crippen molar-refractivity contribution in [2.75, 3.05) is 30.3 Å². The topological polar surface area (TPSA) is 159 Å². The summed E-state index contributed by atoms with van der Waals surface area (Å²) in [6.07, 6.45) is 3.31. The Balaban J connectivity index is 3.94. The van der Waals surface area contributed by atoms with Crippen LogP contribution < -0.4 is 27.0 Å². The van der Waals surface area contributed by atoms with Gasteiger partial charge in [-0.15, -0.1) is 0 Å². The number of nitrogens with one attached hydrogen (secondary N) is 4. The van der Waals surface area contributed by atoms with Gasteiger partial charge in [-0.1, -0.05) is 38.3 Å². The second-order valence-electron chi connectivity index (χ2n) is 7.05. The zero-order chi connectivity index (χ0) is 23.6. The van der Waals surface area contributed by atoms with Crippen molar-refractivity contribution in [3.63, 3.8) is 0 Å². The van der Waals surface area contributed by atoms with E-state index in [0.717, 1.165) is 12.8 Å².